The first kappa shape index (κ1) is 14.4. The van der Waals surface area contributed by atoms with Crippen molar-refractivity contribution in [2.24, 2.45) is 5.73 Å². The Kier molecular flexibility index (Phi) is 4.33. The molecule has 1 aromatic heterocycles. The first-order valence-corrected chi connectivity index (χ1v) is 6.06. The van der Waals surface area contributed by atoms with Gasteiger partial charge in [0.25, 0.3) is 6.43 Å². The number of nitrogens with zero attached hydrogens (tertiary/aromatic N) is 2. The van der Waals surface area contributed by atoms with E-state index in [9.17, 15) is 13.6 Å². The molecule has 1 aromatic rings. The van der Waals surface area contributed by atoms with Crippen molar-refractivity contribution in [1.82, 2.24) is 9.88 Å². The van der Waals surface area contributed by atoms with Crippen LogP contribution < -0.4 is 15.2 Å². The topological polar surface area (TPSA) is 77.7 Å². The summed E-state index contributed by atoms with van der Waals surface area (Å²) in [5.41, 5.74) is 4.34. The molecular formula is C12H15F2N3O3. The largest absolute Gasteiger partial charge is 0.473 e. The molecule has 110 valence electrons. The number of likely N-dealkylation sites (N-methyl/N-ethyl adjacent to an activating group) is 1. The molecule has 8 heteroatoms. The number of halogens is 2. The van der Waals surface area contributed by atoms with Gasteiger partial charge in [0.05, 0.1) is 0 Å². The highest BCUT2D eigenvalue weighted by atomic mass is 19.3. The van der Waals surface area contributed by atoms with Gasteiger partial charge < -0.3 is 20.1 Å². The number of likely N-dealkylation sites (tertiary alicyclic amines) is 1. The lowest BCUT2D eigenvalue weighted by atomic mass is 10.3. The number of carbonyl (C=O) groups is 1. The van der Waals surface area contributed by atoms with Gasteiger partial charge >= 0.3 is 6.09 Å². The predicted molar refractivity (Wildman–Crippen MR) is 65.9 cm³/mol. The fourth-order valence-corrected chi connectivity index (χ4v) is 2.01. The fourth-order valence-electron chi connectivity index (χ4n) is 2.01. The molecule has 1 amide bonds. The van der Waals surface area contributed by atoms with Gasteiger partial charge in [-0.2, -0.15) is 0 Å². The smallest absolute Gasteiger partial charge is 0.409 e. The molecule has 1 saturated heterocycles. The first-order chi connectivity index (χ1) is 9.44. The van der Waals surface area contributed by atoms with Crippen molar-refractivity contribution in [3.8, 4) is 11.6 Å². The number of aromatic nitrogens is 1. The average molecular weight is 287 g/mol. The van der Waals surface area contributed by atoms with E-state index in [0.717, 1.165) is 19.0 Å². The zero-order valence-electron chi connectivity index (χ0n) is 10.9. The Morgan fingerprint density at radius 1 is 1.55 bits per heavy atom. The van der Waals surface area contributed by atoms with Crippen LogP contribution in [0.2, 0.25) is 0 Å². The van der Waals surface area contributed by atoms with Gasteiger partial charge in [0.15, 0.2) is 0 Å². The highest BCUT2D eigenvalue weighted by molar-refractivity contribution is 5.68. The van der Waals surface area contributed by atoms with Gasteiger partial charge in [0.1, 0.15) is 17.5 Å². The third-order valence-corrected chi connectivity index (χ3v) is 2.87. The Bertz CT molecular complexity index is 499. The van der Waals surface area contributed by atoms with Crippen molar-refractivity contribution in [3.63, 3.8) is 0 Å². The third kappa shape index (κ3) is 3.77. The molecule has 2 N–H and O–H groups in total. The summed E-state index contributed by atoms with van der Waals surface area (Å²) in [7, 11) is 1.94. The van der Waals surface area contributed by atoms with Crippen LogP contribution in [-0.4, -0.2) is 42.2 Å². The molecule has 0 aromatic carbocycles. The second-order valence-electron chi connectivity index (χ2n) is 4.58. The molecule has 1 aliphatic rings. The number of carbonyl (C=O) groups excluding carboxylic acids is 1. The summed E-state index contributed by atoms with van der Waals surface area (Å²) in [5, 5.41) is 0. The summed E-state index contributed by atoms with van der Waals surface area (Å²) >= 11 is 0. The lowest BCUT2D eigenvalue weighted by Gasteiger charge is -2.14. The van der Waals surface area contributed by atoms with Gasteiger partial charge in [0.2, 0.25) is 5.88 Å². The number of pyridine rings is 1. The van der Waals surface area contributed by atoms with Crippen LogP contribution in [-0.2, 0) is 0 Å². The maximum Gasteiger partial charge on any atom is 0.409 e. The zero-order chi connectivity index (χ0) is 14.7. The van der Waals surface area contributed by atoms with E-state index >= 15 is 0 Å². The predicted octanol–water partition coefficient (Wildman–Crippen LogP) is 1.56. The molecule has 2 rings (SSSR count). The first-order valence-electron chi connectivity index (χ1n) is 6.06. The van der Waals surface area contributed by atoms with E-state index in [1.165, 1.54) is 6.07 Å². The molecular weight excluding hydrogens is 272 g/mol. The van der Waals surface area contributed by atoms with Crippen LogP contribution in [0.4, 0.5) is 13.6 Å². The number of rotatable bonds is 4. The van der Waals surface area contributed by atoms with Gasteiger partial charge in [-0.25, -0.2) is 18.6 Å². The highest BCUT2D eigenvalue weighted by Crippen LogP contribution is 2.27. The normalized spacial score (nSPS) is 19.3. The van der Waals surface area contributed by atoms with E-state index in [0.29, 0.717) is 6.54 Å². The monoisotopic (exact) mass is 287 g/mol. The second-order valence-corrected chi connectivity index (χ2v) is 4.58. The standard InChI is InChI=1S/C12H15F2N3O3/c1-17-3-2-7(6-17)19-10-5-8(20-12(15)18)4-9(16-10)11(13)14/h4-5,7,11H,2-3,6H2,1H3,(H2,15,18)/t7-/m0/s1. The van der Waals surface area contributed by atoms with E-state index in [2.05, 4.69) is 14.6 Å². The summed E-state index contributed by atoms with van der Waals surface area (Å²) in [6, 6.07) is 2.23. The van der Waals surface area contributed by atoms with Crippen LogP contribution in [0.25, 0.3) is 0 Å². The number of primary amides is 1. The van der Waals surface area contributed by atoms with E-state index in [1.807, 2.05) is 7.05 Å². The fraction of sp³-hybridized carbons (Fsp3) is 0.500. The Morgan fingerprint density at radius 3 is 2.85 bits per heavy atom. The quantitative estimate of drug-likeness (QED) is 0.909. The number of alkyl halides is 2. The van der Waals surface area contributed by atoms with Gasteiger partial charge in [0, 0.05) is 25.2 Å². The van der Waals surface area contributed by atoms with Crippen molar-refractivity contribution in [3.05, 3.63) is 17.8 Å². The molecule has 1 atom stereocenters. The minimum Gasteiger partial charge on any atom is -0.473 e. The molecule has 0 saturated carbocycles. The van der Waals surface area contributed by atoms with Crippen molar-refractivity contribution in [2.45, 2.75) is 19.0 Å². The highest BCUT2D eigenvalue weighted by Gasteiger charge is 2.22. The zero-order valence-corrected chi connectivity index (χ0v) is 10.9. The van der Waals surface area contributed by atoms with Crippen molar-refractivity contribution >= 4 is 6.09 Å². The van der Waals surface area contributed by atoms with Crippen LogP contribution >= 0.6 is 0 Å². The minimum absolute atomic E-state index is 0.000602. The van der Waals surface area contributed by atoms with Gasteiger partial charge in [-0.3, -0.25) is 0 Å². The maximum atomic E-state index is 12.7. The third-order valence-electron chi connectivity index (χ3n) is 2.87. The molecule has 1 fully saturated rings. The van der Waals surface area contributed by atoms with Crippen LogP contribution in [0.1, 0.15) is 18.5 Å². The molecule has 0 aliphatic carbocycles. The van der Waals surface area contributed by atoms with Crippen LogP contribution in [0.15, 0.2) is 12.1 Å². The molecule has 0 unspecified atom stereocenters. The van der Waals surface area contributed by atoms with Gasteiger partial charge in [-0.15, -0.1) is 0 Å². The average Bonchev–Trinajstić information content (AvgIpc) is 2.73. The minimum atomic E-state index is -2.79. The van der Waals surface area contributed by atoms with E-state index in [1.54, 1.807) is 0 Å². The summed E-state index contributed by atoms with van der Waals surface area (Å²) in [5.74, 6) is -0.108. The molecule has 1 aliphatic heterocycles. The van der Waals surface area contributed by atoms with Crippen LogP contribution in [0.3, 0.4) is 0 Å². The summed E-state index contributed by atoms with van der Waals surface area (Å²) < 4.78 is 35.6. The summed E-state index contributed by atoms with van der Waals surface area (Å²) in [6.07, 6.45) is -3.21. The number of hydrogen-bond acceptors (Lipinski definition) is 5. The van der Waals surface area contributed by atoms with Crippen molar-refractivity contribution in [2.75, 3.05) is 20.1 Å². The maximum absolute atomic E-state index is 12.7. The summed E-state index contributed by atoms with van der Waals surface area (Å²) in [6.45, 7) is 1.55. The van der Waals surface area contributed by atoms with Gasteiger partial charge in [-0.05, 0) is 13.5 Å². The lowest BCUT2D eigenvalue weighted by Crippen LogP contribution is -2.22. The Balaban J connectivity index is 2.17. The number of ether oxygens (including phenoxy) is 2. The van der Waals surface area contributed by atoms with Crippen LogP contribution in [0.5, 0.6) is 11.6 Å². The molecule has 20 heavy (non-hydrogen) atoms. The van der Waals surface area contributed by atoms with E-state index in [-0.39, 0.29) is 17.7 Å². The number of nitrogens with two attached hydrogens (primary N) is 1. The SMILES string of the molecule is CN1CC[C@H](Oc2cc(OC(N)=O)cc(C(F)F)n2)C1. The van der Waals surface area contributed by atoms with Crippen molar-refractivity contribution in [1.29, 1.82) is 0 Å². The Hall–Kier alpha value is -1.96. The second kappa shape index (κ2) is 6.00. The van der Waals surface area contributed by atoms with Crippen LogP contribution in [0, 0.1) is 0 Å². The Labute approximate surface area is 114 Å². The number of hydrogen-bond donors (Lipinski definition) is 1. The molecule has 0 bridgehead atoms. The van der Waals surface area contributed by atoms with E-state index < -0.39 is 18.2 Å². The molecule has 6 nitrogen and oxygen atoms in total. The van der Waals surface area contributed by atoms with E-state index in [4.69, 9.17) is 10.5 Å². The van der Waals surface area contributed by atoms with Crippen molar-refractivity contribution < 1.29 is 23.0 Å². The number of amides is 1. The molecule has 0 spiro atoms. The molecule has 2 heterocycles. The molecule has 0 radical (unpaired) electrons. The lowest BCUT2D eigenvalue weighted by molar-refractivity contribution is 0.141. The Morgan fingerprint density at radius 2 is 2.30 bits per heavy atom. The summed E-state index contributed by atoms with van der Waals surface area (Å²) in [4.78, 5) is 16.5. The van der Waals surface area contributed by atoms with Gasteiger partial charge in [-0.1, -0.05) is 0 Å².